The van der Waals surface area contributed by atoms with E-state index in [9.17, 15) is 8.42 Å². The first kappa shape index (κ1) is 16.2. The Balaban J connectivity index is 1.86. The van der Waals surface area contributed by atoms with Gasteiger partial charge in [0.05, 0.1) is 0 Å². The first-order valence-corrected chi connectivity index (χ1v) is 8.73. The Labute approximate surface area is 127 Å². The average Bonchev–Trinajstić information content (AvgIpc) is 3.16. The van der Waals surface area contributed by atoms with Gasteiger partial charge in [-0.25, -0.2) is 4.98 Å². The summed E-state index contributed by atoms with van der Waals surface area (Å²) in [5.74, 6) is 0.371. The lowest BCUT2D eigenvalue weighted by atomic mass is 10.2. The Bertz CT molecular complexity index is 564. The molecule has 1 fully saturated rings. The normalized spacial score (nSPS) is 15.4. The van der Waals surface area contributed by atoms with Gasteiger partial charge in [-0.15, -0.1) is 0 Å². The highest BCUT2D eigenvalue weighted by Crippen LogP contribution is 2.18. The maximum absolute atomic E-state index is 12.2. The maximum Gasteiger partial charge on any atom is 0.302 e. The van der Waals surface area contributed by atoms with E-state index in [1.807, 2.05) is 19.9 Å². The van der Waals surface area contributed by atoms with E-state index in [4.69, 9.17) is 0 Å². The summed E-state index contributed by atoms with van der Waals surface area (Å²) in [6.45, 7) is 5.10. The summed E-state index contributed by atoms with van der Waals surface area (Å²) in [5, 5.41) is 3.37. The number of aryl methyl sites for hydroxylation is 2. The molecule has 0 atom stereocenters. The van der Waals surface area contributed by atoms with Crippen LogP contribution in [0.25, 0.3) is 0 Å². The van der Waals surface area contributed by atoms with Crippen LogP contribution in [-0.2, 0) is 10.2 Å². The van der Waals surface area contributed by atoms with Gasteiger partial charge in [0.1, 0.15) is 5.82 Å². The highest BCUT2D eigenvalue weighted by molar-refractivity contribution is 7.90. The van der Waals surface area contributed by atoms with Crippen molar-refractivity contribution < 1.29 is 8.42 Å². The summed E-state index contributed by atoms with van der Waals surface area (Å²) >= 11 is 0. The number of rotatable bonds is 8. The molecule has 0 aliphatic heterocycles. The van der Waals surface area contributed by atoms with Gasteiger partial charge in [-0.1, -0.05) is 0 Å². The Kier molecular flexibility index (Phi) is 5.18. The van der Waals surface area contributed by atoms with E-state index in [0.717, 1.165) is 24.2 Å². The van der Waals surface area contributed by atoms with Crippen molar-refractivity contribution in [2.45, 2.75) is 39.2 Å². The molecule has 1 aliphatic carbocycles. The van der Waals surface area contributed by atoms with Gasteiger partial charge < -0.3 is 5.32 Å². The summed E-state index contributed by atoms with van der Waals surface area (Å²) < 4.78 is 28.3. The minimum absolute atomic E-state index is 0.371. The smallest absolute Gasteiger partial charge is 0.302 e. The standard InChI is InChI=1S/C14H24N4O2S/c1-11-9-12(2)16-14(10-11)17-21(19,20)18(3)8-4-7-15-13-5-6-13/h9-10,13,15H,4-8H2,1-3H3,(H,16,17). The molecule has 0 aromatic carbocycles. The maximum atomic E-state index is 12.2. The van der Waals surface area contributed by atoms with E-state index in [0.29, 0.717) is 18.4 Å². The molecule has 0 radical (unpaired) electrons. The molecule has 21 heavy (non-hydrogen) atoms. The predicted molar refractivity (Wildman–Crippen MR) is 84.5 cm³/mol. The molecule has 0 bridgehead atoms. The van der Waals surface area contributed by atoms with Crippen LogP contribution in [0, 0.1) is 13.8 Å². The molecule has 1 aromatic heterocycles. The third-order valence-corrected chi connectivity index (χ3v) is 4.87. The zero-order chi connectivity index (χ0) is 15.5. The Morgan fingerprint density at radius 3 is 2.67 bits per heavy atom. The second-order valence-electron chi connectivity index (χ2n) is 5.68. The van der Waals surface area contributed by atoms with Crippen LogP contribution in [-0.4, -0.2) is 43.9 Å². The Morgan fingerprint density at radius 2 is 2.05 bits per heavy atom. The molecule has 1 heterocycles. The quantitative estimate of drug-likeness (QED) is 0.712. The van der Waals surface area contributed by atoms with Crippen molar-refractivity contribution in [3.05, 3.63) is 23.4 Å². The van der Waals surface area contributed by atoms with Crippen molar-refractivity contribution in [2.75, 3.05) is 24.9 Å². The Morgan fingerprint density at radius 1 is 1.33 bits per heavy atom. The van der Waals surface area contributed by atoms with Crippen LogP contribution < -0.4 is 10.0 Å². The van der Waals surface area contributed by atoms with Gasteiger partial charge in [-0.3, -0.25) is 4.72 Å². The zero-order valence-corrected chi connectivity index (χ0v) is 13.7. The second kappa shape index (κ2) is 6.72. The molecule has 0 unspecified atom stereocenters. The number of pyridine rings is 1. The summed E-state index contributed by atoms with van der Waals surface area (Å²) in [6.07, 6.45) is 3.29. The summed E-state index contributed by atoms with van der Waals surface area (Å²) in [7, 11) is -1.95. The minimum Gasteiger partial charge on any atom is -0.314 e. The zero-order valence-electron chi connectivity index (χ0n) is 12.9. The van der Waals surface area contributed by atoms with Crippen molar-refractivity contribution in [3.63, 3.8) is 0 Å². The third-order valence-electron chi connectivity index (χ3n) is 3.40. The van der Waals surface area contributed by atoms with E-state index in [1.54, 1.807) is 13.1 Å². The van der Waals surface area contributed by atoms with E-state index >= 15 is 0 Å². The number of nitrogens with zero attached hydrogens (tertiary/aromatic N) is 2. The molecule has 118 valence electrons. The van der Waals surface area contributed by atoms with Crippen molar-refractivity contribution in [2.24, 2.45) is 0 Å². The molecular weight excluding hydrogens is 288 g/mol. The van der Waals surface area contributed by atoms with Crippen LogP contribution >= 0.6 is 0 Å². The fraction of sp³-hybridized carbons (Fsp3) is 0.643. The van der Waals surface area contributed by atoms with Crippen LogP contribution in [0.1, 0.15) is 30.5 Å². The lowest BCUT2D eigenvalue weighted by Gasteiger charge is -2.18. The number of aromatic nitrogens is 1. The van der Waals surface area contributed by atoms with Crippen molar-refractivity contribution in [3.8, 4) is 0 Å². The molecular formula is C14H24N4O2S. The van der Waals surface area contributed by atoms with Crippen LogP contribution in [0.2, 0.25) is 0 Å². The van der Waals surface area contributed by atoms with Crippen LogP contribution in [0.4, 0.5) is 5.82 Å². The third kappa shape index (κ3) is 5.26. The second-order valence-corrected chi connectivity index (χ2v) is 7.46. The van der Waals surface area contributed by atoms with E-state index < -0.39 is 10.2 Å². The van der Waals surface area contributed by atoms with Gasteiger partial charge in [-0.05, 0) is 57.4 Å². The Hall–Kier alpha value is -1.18. The topological polar surface area (TPSA) is 74.3 Å². The summed E-state index contributed by atoms with van der Waals surface area (Å²) in [6, 6.07) is 4.29. The molecule has 2 N–H and O–H groups in total. The average molecular weight is 312 g/mol. The van der Waals surface area contributed by atoms with Gasteiger partial charge in [0.15, 0.2) is 0 Å². The fourth-order valence-electron chi connectivity index (χ4n) is 2.12. The van der Waals surface area contributed by atoms with Gasteiger partial charge >= 0.3 is 10.2 Å². The molecule has 1 aliphatic rings. The van der Waals surface area contributed by atoms with Crippen LogP contribution in [0.5, 0.6) is 0 Å². The summed E-state index contributed by atoms with van der Waals surface area (Å²) in [5.41, 5.74) is 1.78. The largest absolute Gasteiger partial charge is 0.314 e. The molecule has 0 spiro atoms. The summed E-state index contributed by atoms with van der Waals surface area (Å²) in [4.78, 5) is 4.20. The van der Waals surface area contributed by atoms with Gasteiger partial charge in [-0.2, -0.15) is 12.7 Å². The SMILES string of the molecule is Cc1cc(C)nc(NS(=O)(=O)N(C)CCCNC2CC2)c1. The monoisotopic (exact) mass is 312 g/mol. The molecule has 1 saturated carbocycles. The van der Waals surface area contributed by atoms with E-state index in [-0.39, 0.29) is 0 Å². The predicted octanol–water partition coefficient (Wildman–Crippen LogP) is 1.43. The van der Waals surface area contributed by atoms with Gasteiger partial charge in [0.2, 0.25) is 0 Å². The highest BCUT2D eigenvalue weighted by atomic mass is 32.2. The number of anilines is 1. The first-order valence-electron chi connectivity index (χ1n) is 7.29. The minimum atomic E-state index is -3.54. The van der Waals surface area contributed by atoms with Gasteiger partial charge in [0, 0.05) is 25.3 Å². The molecule has 1 aromatic rings. The van der Waals surface area contributed by atoms with Crippen LogP contribution in [0.15, 0.2) is 12.1 Å². The first-order chi connectivity index (χ1) is 9.87. The lowest BCUT2D eigenvalue weighted by Crippen LogP contribution is -2.35. The molecule has 0 saturated heterocycles. The molecule has 7 heteroatoms. The molecule has 0 amide bonds. The van der Waals surface area contributed by atoms with E-state index in [2.05, 4.69) is 15.0 Å². The number of hydrogen-bond acceptors (Lipinski definition) is 4. The van der Waals surface area contributed by atoms with Gasteiger partial charge in [0.25, 0.3) is 0 Å². The highest BCUT2D eigenvalue weighted by Gasteiger charge is 2.21. The molecule has 2 rings (SSSR count). The van der Waals surface area contributed by atoms with Crippen molar-refractivity contribution in [1.29, 1.82) is 0 Å². The van der Waals surface area contributed by atoms with Crippen molar-refractivity contribution >= 4 is 16.0 Å². The van der Waals surface area contributed by atoms with E-state index in [1.165, 1.54) is 17.1 Å². The number of nitrogens with one attached hydrogen (secondary N) is 2. The number of hydrogen-bond donors (Lipinski definition) is 2. The van der Waals surface area contributed by atoms with Crippen LogP contribution in [0.3, 0.4) is 0 Å². The van der Waals surface area contributed by atoms with Crippen molar-refractivity contribution in [1.82, 2.24) is 14.6 Å². The fourth-order valence-corrected chi connectivity index (χ4v) is 3.01. The lowest BCUT2D eigenvalue weighted by molar-refractivity contribution is 0.457. The molecule has 6 nitrogen and oxygen atoms in total.